The molecule has 0 radical (unpaired) electrons. The average Bonchev–Trinajstić information content (AvgIpc) is 3.02. The largest absolute Gasteiger partial charge is 0.366 e. The molecule has 0 spiro atoms. The molecule has 0 amide bonds. The molecule has 2 rings (SSSR count). The van der Waals surface area contributed by atoms with Crippen LogP contribution < -0.4 is 0 Å². The molecule has 0 N–H and O–H groups in total. The van der Waals surface area contributed by atoms with Crippen LogP contribution >= 0.6 is 31.1 Å². The van der Waals surface area contributed by atoms with Crippen molar-refractivity contribution in [2.75, 3.05) is 24.7 Å². The number of rotatable bonds is 7. The van der Waals surface area contributed by atoms with Gasteiger partial charge in [0.25, 0.3) is 0 Å². The monoisotopic (exact) mass is 358 g/mol. The summed E-state index contributed by atoms with van der Waals surface area (Å²) in [6.45, 7) is 3.95. The Balaban J connectivity index is 2.50. The van der Waals surface area contributed by atoms with Crippen molar-refractivity contribution in [1.82, 2.24) is 0 Å². The first kappa shape index (κ1) is 17.8. The van der Waals surface area contributed by atoms with Crippen molar-refractivity contribution in [2.24, 2.45) is 0 Å². The Morgan fingerprint density at radius 3 is 2.14 bits per heavy atom. The van der Waals surface area contributed by atoms with Gasteiger partial charge >= 0.3 is 7.60 Å². The van der Waals surface area contributed by atoms with Crippen molar-refractivity contribution >= 4 is 36.9 Å². The number of allylic oxidation sites excluding steroid dienone is 1. The summed E-state index contributed by atoms with van der Waals surface area (Å²) >= 11 is 3.08. The molecule has 0 aliphatic carbocycles. The van der Waals surface area contributed by atoms with Crippen molar-refractivity contribution in [3.63, 3.8) is 0 Å². The van der Waals surface area contributed by atoms with E-state index in [0.29, 0.717) is 5.56 Å². The molecule has 1 aromatic rings. The summed E-state index contributed by atoms with van der Waals surface area (Å²) in [4.78, 5) is 12.9. The van der Waals surface area contributed by atoms with Gasteiger partial charge in [-0.2, -0.15) is 0 Å². The lowest BCUT2D eigenvalue weighted by molar-refractivity contribution is 0.103. The van der Waals surface area contributed by atoms with Gasteiger partial charge in [-0.1, -0.05) is 30.3 Å². The van der Waals surface area contributed by atoms with E-state index in [1.165, 1.54) is 0 Å². The Hall–Kier alpha value is -0.520. The lowest BCUT2D eigenvalue weighted by Gasteiger charge is -2.20. The van der Waals surface area contributed by atoms with Crippen molar-refractivity contribution < 1.29 is 18.4 Å². The summed E-state index contributed by atoms with van der Waals surface area (Å²) < 4.78 is 24.8. The number of thioether (sulfide) groups is 2. The van der Waals surface area contributed by atoms with Crippen molar-refractivity contribution in [3.8, 4) is 0 Å². The van der Waals surface area contributed by atoms with Crippen LogP contribution in [0.25, 0.3) is 0 Å². The number of hydrogen-bond acceptors (Lipinski definition) is 6. The Labute approximate surface area is 139 Å². The minimum absolute atomic E-state index is 0.190. The summed E-state index contributed by atoms with van der Waals surface area (Å²) in [6, 6.07) is 8.85. The number of Topliss-reactive ketones (excluding diaryl/α,β-unsaturated/α-hetero) is 1. The maximum Gasteiger partial charge on any atom is 0.366 e. The van der Waals surface area contributed by atoms with Gasteiger partial charge in [0.2, 0.25) is 5.78 Å². The molecule has 1 aliphatic heterocycles. The molecule has 1 saturated heterocycles. The fourth-order valence-corrected chi connectivity index (χ4v) is 7.01. The maximum absolute atomic E-state index is 13.2. The lowest BCUT2D eigenvalue weighted by Crippen LogP contribution is -2.10. The van der Waals surface area contributed by atoms with Gasteiger partial charge in [0, 0.05) is 17.1 Å². The lowest BCUT2D eigenvalue weighted by atomic mass is 10.1. The molecule has 4 nitrogen and oxygen atoms in total. The predicted octanol–water partition coefficient (Wildman–Crippen LogP) is 4.78. The number of ketones is 1. The van der Waals surface area contributed by atoms with Crippen LogP contribution in [-0.2, 0) is 13.6 Å². The molecule has 0 aromatic heterocycles. The topological polar surface area (TPSA) is 52.6 Å². The van der Waals surface area contributed by atoms with Gasteiger partial charge in [-0.3, -0.25) is 9.36 Å². The Morgan fingerprint density at radius 2 is 1.64 bits per heavy atom. The highest BCUT2D eigenvalue weighted by atomic mass is 32.2. The quantitative estimate of drug-likeness (QED) is 0.397. The van der Waals surface area contributed by atoms with Gasteiger partial charge in [0.15, 0.2) is 0 Å². The molecule has 7 heteroatoms. The smallest absolute Gasteiger partial charge is 0.305 e. The van der Waals surface area contributed by atoms with Gasteiger partial charge < -0.3 is 9.05 Å². The van der Waals surface area contributed by atoms with Crippen LogP contribution in [0.15, 0.2) is 39.9 Å². The summed E-state index contributed by atoms with van der Waals surface area (Å²) in [7, 11) is -3.61. The number of carbonyl (C=O) groups is 1. The van der Waals surface area contributed by atoms with E-state index in [4.69, 9.17) is 9.05 Å². The molecule has 22 heavy (non-hydrogen) atoms. The number of benzene rings is 1. The van der Waals surface area contributed by atoms with Crippen LogP contribution in [0, 0.1) is 0 Å². The SMILES string of the molecule is CCOP(=O)(OCC)C(C(=O)c1ccccc1)=C1SCCS1. The van der Waals surface area contributed by atoms with Crippen molar-refractivity contribution in [3.05, 3.63) is 45.4 Å². The van der Waals surface area contributed by atoms with Gasteiger partial charge in [-0.15, -0.1) is 23.5 Å². The van der Waals surface area contributed by atoms with Crippen molar-refractivity contribution in [1.29, 1.82) is 0 Å². The van der Waals surface area contributed by atoms with Gasteiger partial charge in [-0.25, -0.2) is 0 Å². The standard InChI is InChI=1S/C15H19O4PS2/c1-3-18-20(17,19-4-2)14(15-21-10-11-22-15)13(16)12-8-6-5-7-9-12/h5-9H,3-4,10-11H2,1-2H3. The average molecular weight is 358 g/mol. The molecule has 0 atom stereocenters. The van der Waals surface area contributed by atoms with Crippen LogP contribution in [0.5, 0.6) is 0 Å². The van der Waals surface area contributed by atoms with Gasteiger partial charge in [-0.05, 0) is 13.8 Å². The van der Waals surface area contributed by atoms with E-state index in [1.54, 1.807) is 61.6 Å². The van der Waals surface area contributed by atoms with E-state index < -0.39 is 7.60 Å². The fourth-order valence-electron chi connectivity index (χ4n) is 2.01. The second-order valence-electron chi connectivity index (χ2n) is 4.36. The molecule has 1 aliphatic rings. The van der Waals surface area contributed by atoms with Crippen LogP contribution in [0.1, 0.15) is 24.2 Å². The third-order valence-corrected chi connectivity index (χ3v) is 8.05. The Kier molecular flexibility index (Phi) is 6.78. The fraction of sp³-hybridized carbons (Fsp3) is 0.400. The Bertz CT molecular complexity index is 583. The van der Waals surface area contributed by atoms with Crippen LogP contribution in [-0.4, -0.2) is 30.5 Å². The minimum Gasteiger partial charge on any atom is -0.305 e. The molecule has 0 unspecified atom stereocenters. The first-order chi connectivity index (χ1) is 10.6. The number of hydrogen-bond donors (Lipinski definition) is 0. The van der Waals surface area contributed by atoms with Gasteiger partial charge in [0.05, 0.1) is 17.5 Å². The molecule has 0 bridgehead atoms. The Morgan fingerprint density at radius 1 is 1.09 bits per heavy atom. The molecular formula is C15H19O4PS2. The van der Waals surface area contributed by atoms with Crippen LogP contribution in [0.4, 0.5) is 0 Å². The second-order valence-corrected chi connectivity index (χ2v) is 8.79. The third-order valence-electron chi connectivity index (χ3n) is 2.87. The molecule has 1 fully saturated rings. The zero-order valence-electron chi connectivity index (χ0n) is 12.6. The highest BCUT2D eigenvalue weighted by Crippen LogP contribution is 2.61. The first-order valence-electron chi connectivity index (χ1n) is 7.11. The van der Waals surface area contributed by atoms with E-state index in [0.717, 1.165) is 15.7 Å². The molecule has 1 heterocycles. The minimum atomic E-state index is -3.61. The maximum atomic E-state index is 13.2. The van der Waals surface area contributed by atoms with E-state index in [2.05, 4.69) is 0 Å². The predicted molar refractivity (Wildman–Crippen MR) is 93.6 cm³/mol. The zero-order chi connectivity index (χ0) is 16.0. The van der Waals surface area contributed by atoms with E-state index in [1.807, 2.05) is 6.07 Å². The highest BCUT2D eigenvalue weighted by molar-refractivity contribution is 8.25. The van der Waals surface area contributed by atoms with Crippen LogP contribution in [0.2, 0.25) is 0 Å². The highest BCUT2D eigenvalue weighted by Gasteiger charge is 2.39. The molecule has 1 aromatic carbocycles. The van der Waals surface area contributed by atoms with E-state index in [-0.39, 0.29) is 24.3 Å². The summed E-state index contributed by atoms with van der Waals surface area (Å²) in [6.07, 6.45) is 0. The summed E-state index contributed by atoms with van der Waals surface area (Å²) in [5.74, 6) is 1.51. The third kappa shape index (κ3) is 4.06. The first-order valence-corrected chi connectivity index (χ1v) is 10.6. The van der Waals surface area contributed by atoms with Gasteiger partial charge in [0.1, 0.15) is 5.31 Å². The zero-order valence-corrected chi connectivity index (χ0v) is 15.1. The molecule has 0 saturated carbocycles. The second kappa shape index (κ2) is 8.37. The molecular weight excluding hydrogens is 339 g/mol. The normalized spacial score (nSPS) is 15.1. The molecule has 120 valence electrons. The number of carbonyl (C=O) groups excluding carboxylic acids is 1. The van der Waals surface area contributed by atoms with Crippen LogP contribution in [0.3, 0.4) is 0 Å². The van der Waals surface area contributed by atoms with E-state index in [9.17, 15) is 9.36 Å². The van der Waals surface area contributed by atoms with Crippen molar-refractivity contribution in [2.45, 2.75) is 13.8 Å². The van der Waals surface area contributed by atoms with E-state index >= 15 is 0 Å². The summed E-state index contributed by atoms with van der Waals surface area (Å²) in [5.41, 5.74) is 0.498. The summed E-state index contributed by atoms with van der Waals surface area (Å²) in [5, 5.41) is 0.190.